The molecule has 3 heterocycles. The van der Waals surface area contributed by atoms with E-state index in [0.29, 0.717) is 11.3 Å². The molecule has 0 unspecified atom stereocenters. The lowest BCUT2D eigenvalue weighted by molar-refractivity contribution is 0.601. The lowest BCUT2D eigenvalue weighted by Crippen LogP contribution is -2.12. The summed E-state index contributed by atoms with van der Waals surface area (Å²) in [6, 6.07) is 13.5. The lowest BCUT2D eigenvalue weighted by atomic mass is 10.1. The van der Waals surface area contributed by atoms with Gasteiger partial charge in [0.05, 0.1) is 18.1 Å². The van der Waals surface area contributed by atoms with Crippen molar-refractivity contribution in [1.29, 1.82) is 0 Å². The Balaban J connectivity index is 1.69. The summed E-state index contributed by atoms with van der Waals surface area (Å²) in [6.07, 6.45) is 4.04. The third kappa shape index (κ3) is 2.63. The van der Waals surface area contributed by atoms with Crippen LogP contribution in [0.3, 0.4) is 0 Å². The molecule has 4 aromatic rings. The Labute approximate surface area is 137 Å². The van der Waals surface area contributed by atoms with Gasteiger partial charge >= 0.3 is 0 Å². The van der Waals surface area contributed by atoms with Gasteiger partial charge in [0.2, 0.25) is 0 Å². The van der Waals surface area contributed by atoms with Crippen LogP contribution in [-0.4, -0.2) is 28.6 Å². The fourth-order valence-electron chi connectivity index (χ4n) is 2.44. The SMILES string of the molecule is O=S(=O)(Nc1cnc2[nH]c(-c3ccccc3)cc2c1)c1cn[nH]c1. The zero-order chi connectivity index (χ0) is 16.6. The number of nitrogens with zero attached hydrogens (tertiary/aromatic N) is 2. The molecule has 1 aromatic carbocycles. The molecule has 3 aromatic heterocycles. The minimum absolute atomic E-state index is 0.0710. The predicted octanol–water partition coefficient (Wildman–Crippen LogP) is 2.75. The van der Waals surface area contributed by atoms with Gasteiger partial charge < -0.3 is 4.98 Å². The van der Waals surface area contributed by atoms with E-state index in [9.17, 15) is 8.42 Å². The van der Waals surface area contributed by atoms with Crippen molar-refractivity contribution >= 4 is 26.7 Å². The average Bonchev–Trinajstić information content (AvgIpc) is 3.25. The van der Waals surface area contributed by atoms with Crippen LogP contribution in [0.4, 0.5) is 5.69 Å². The van der Waals surface area contributed by atoms with Crippen LogP contribution in [-0.2, 0) is 10.0 Å². The van der Waals surface area contributed by atoms with Gasteiger partial charge in [0.15, 0.2) is 0 Å². The standard InChI is InChI=1S/C16H13N5O2S/c22-24(23,14-9-18-19-10-14)21-13-6-12-7-15(20-16(12)17-8-13)11-4-2-1-3-5-11/h1-10,21H,(H,17,20)(H,18,19). The maximum absolute atomic E-state index is 12.2. The number of anilines is 1. The molecule has 0 aliphatic rings. The number of pyridine rings is 1. The molecule has 0 saturated carbocycles. The molecule has 0 aliphatic heterocycles. The Kier molecular flexibility index (Phi) is 3.31. The second-order valence-electron chi connectivity index (χ2n) is 5.25. The van der Waals surface area contributed by atoms with Gasteiger partial charge in [-0.05, 0) is 17.7 Å². The van der Waals surface area contributed by atoms with Crippen LogP contribution in [0.25, 0.3) is 22.3 Å². The van der Waals surface area contributed by atoms with Crippen molar-refractivity contribution in [2.24, 2.45) is 0 Å². The van der Waals surface area contributed by atoms with Crippen molar-refractivity contribution in [3.05, 3.63) is 61.1 Å². The Morgan fingerprint density at radius 2 is 1.88 bits per heavy atom. The van der Waals surface area contributed by atoms with Gasteiger partial charge in [0.1, 0.15) is 10.5 Å². The highest BCUT2D eigenvalue weighted by molar-refractivity contribution is 7.92. The second kappa shape index (κ2) is 5.50. The number of benzene rings is 1. The van der Waals surface area contributed by atoms with E-state index in [4.69, 9.17) is 0 Å². The first kappa shape index (κ1) is 14.5. The maximum Gasteiger partial charge on any atom is 0.265 e. The Morgan fingerprint density at radius 3 is 2.62 bits per heavy atom. The van der Waals surface area contributed by atoms with Crippen LogP contribution in [0.2, 0.25) is 0 Å². The third-order valence-electron chi connectivity index (χ3n) is 3.59. The van der Waals surface area contributed by atoms with Gasteiger partial charge in [-0.1, -0.05) is 30.3 Å². The Morgan fingerprint density at radius 1 is 1.04 bits per heavy atom. The molecule has 0 atom stereocenters. The number of nitrogens with one attached hydrogen (secondary N) is 3. The molecule has 8 heteroatoms. The van der Waals surface area contributed by atoms with E-state index in [-0.39, 0.29) is 4.90 Å². The zero-order valence-corrected chi connectivity index (χ0v) is 13.2. The molecule has 0 bridgehead atoms. The monoisotopic (exact) mass is 339 g/mol. The summed E-state index contributed by atoms with van der Waals surface area (Å²) < 4.78 is 26.9. The van der Waals surface area contributed by atoms with E-state index in [0.717, 1.165) is 16.6 Å². The molecule has 3 N–H and O–H groups in total. The number of aromatic amines is 2. The van der Waals surface area contributed by atoms with Crippen molar-refractivity contribution in [1.82, 2.24) is 20.2 Å². The molecular formula is C16H13N5O2S. The normalized spacial score (nSPS) is 11.7. The lowest BCUT2D eigenvalue weighted by Gasteiger charge is -2.05. The van der Waals surface area contributed by atoms with Gasteiger partial charge in [0, 0.05) is 17.3 Å². The smallest absolute Gasteiger partial charge is 0.265 e. The van der Waals surface area contributed by atoms with Crippen molar-refractivity contribution in [2.75, 3.05) is 4.72 Å². The summed E-state index contributed by atoms with van der Waals surface area (Å²) in [4.78, 5) is 7.58. The molecule has 120 valence electrons. The maximum atomic E-state index is 12.2. The van der Waals surface area contributed by atoms with Crippen molar-refractivity contribution in [3.63, 3.8) is 0 Å². The van der Waals surface area contributed by atoms with Crippen LogP contribution in [0.1, 0.15) is 0 Å². The first-order chi connectivity index (χ1) is 11.6. The number of hydrogen-bond acceptors (Lipinski definition) is 4. The van der Waals surface area contributed by atoms with Gasteiger partial charge in [-0.2, -0.15) is 5.10 Å². The molecule has 0 saturated heterocycles. The van der Waals surface area contributed by atoms with Gasteiger partial charge in [-0.25, -0.2) is 13.4 Å². The van der Waals surface area contributed by atoms with Gasteiger partial charge in [-0.15, -0.1) is 0 Å². The van der Waals surface area contributed by atoms with Crippen LogP contribution >= 0.6 is 0 Å². The molecule has 7 nitrogen and oxygen atoms in total. The first-order valence-electron chi connectivity index (χ1n) is 7.18. The summed E-state index contributed by atoms with van der Waals surface area (Å²) >= 11 is 0. The molecule has 24 heavy (non-hydrogen) atoms. The van der Waals surface area contributed by atoms with E-state index in [1.165, 1.54) is 18.6 Å². The molecule has 4 rings (SSSR count). The number of H-pyrrole nitrogens is 2. The molecule has 0 fully saturated rings. The summed E-state index contributed by atoms with van der Waals surface area (Å²) in [5, 5.41) is 6.96. The fraction of sp³-hybridized carbons (Fsp3) is 0. The summed E-state index contributed by atoms with van der Waals surface area (Å²) in [7, 11) is -3.68. The van der Waals surface area contributed by atoms with E-state index in [2.05, 4.69) is 24.9 Å². The van der Waals surface area contributed by atoms with Crippen molar-refractivity contribution in [2.45, 2.75) is 4.90 Å². The highest BCUT2D eigenvalue weighted by Crippen LogP contribution is 2.25. The number of hydrogen-bond donors (Lipinski definition) is 3. The van der Waals surface area contributed by atoms with Crippen LogP contribution in [0.5, 0.6) is 0 Å². The second-order valence-corrected chi connectivity index (χ2v) is 6.93. The van der Waals surface area contributed by atoms with Crippen LogP contribution in [0.15, 0.2) is 66.0 Å². The molecule has 0 radical (unpaired) electrons. The Hall–Kier alpha value is -3.13. The van der Waals surface area contributed by atoms with E-state index in [1.807, 2.05) is 36.4 Å². The third-order valence-corrected chi connectivity index (χ3v) is 4.94. The number of fused-ring (bicyclic) bond motifs is 1. The largest absolute Gasteiger partial charge is 0.339 e. The number of aromatic nitrogens is 4. The van der Waals surface area contributed by atoms with Crippen LogP contribution in [0, 0.1) is 0 Å². The molecular weight excluding hydrogens is 326 g/mol. The van der Waals surface area contributed by atoms with E-state index >= 15 is 0 Å². The zero-order valence-electron chi connectivity index (χ0n) is 12.4. The number of sulfonamides is 1. The quantitative estimate of drug-likeness (QED) is 0.532. The van der Waals surface area contributed by atoms with Crippen molar-refractivity contribution in [3.8, 4) is 11.3 Å². The van der Waals surface area contributed by atoms with Crippen LogP contribution < -0.4 is 4.72 Å². The van der Waals surface area contributed by atoms with Crippen molar-refractivity contribution < 1.29 is 8.42 Å². The van der Waals surface area contributed by atoms with E-state index in [1.54, 1.807) is 6.07 Å². The predicted molar refractivity (Wildman–Crippen MR) is 90.9 cm³/mol. The number of rotatable bonds is 4. The Bertz CT molecular complexity index is 1090. The van der Waals surface area contributed by atoms with Gasteiger partial charge in [-0.3, -0.25) is 9.82 Å². The fourth-order valence-corrected chi connectivity index (χ4v) is 3.38. The summed E-state index contributed by atoms with van der Waals surface area (Å²) in [5.41, 5.74) is 3.05. The van der Waals surface area contributed by atoms with E-state index < -0.39 is 10.0 Å². The molecule has 0 aliphatic carbocycles. The molecule has 0 amide bonds. The highest BCUT2D eigenvalue weighted by Gasteiger charge is 2.16. The first-order valence-corrected chi connectivity index (χ1v) is 8.66. The minimum atomic E-state index is -3.68. The topological polar surface area (TPSA) is 104 Å². The summed E-state index contributed by atoms with van der Waals surface area (Å²) in [5.74, 6) is 0. The average molecular weight is 339 g/mol. The molecule has 0 spiro atoms. The summed E-state index contributed by atoms with van der Waals surface area (Å²) in [6.45, 7) is 0. The minimum Gasteiger partial charge on any atom is -0.339 e. The highest BCUT2D eigenvalue weighted by atomic mass is 32.2. The van der Waals surface area contributed by atoms with Gasteiger partial charge in [0.25, 0.3) is 10.0 Å².